The van der Waals surface area contributed by atoms with Gasteiger partial charge in [0, 0.05) is 0 Å². The minimum absolute atomic E-state index is 0.331. The fourth-order valence-corrected chi connectivity index (χ4v) is 1.22. The zero-order chi connectivity index (χ0) is 10.1. The third-order valence-electron chi connectivity index (χ3n) is 1.78. The summed E-state index contributed by atoms with van der Waals surface area (Å²) in [6.07, 6.45) is 1.40. The summed E-state index contributed by atoms with van der Waals surface area (Å²) in [6.45, 7) is 6.21. The zero-order valence-electron chi connectivity index (χ0n) is 8.46. The molecule has 13 heavy (non-hydrogen) atoms. The van der Waals surface area contributed by atoms with Gasteiger partial charge in [-0.1, -0.05) is 0 Å². The quantitative estimate of drug-likeness (QED) is 0.526. The van der Waals surface area contributed by atoms with Gasteiger partial charge in [0.05, 0.1) is 0 Å². The Hall–Kier alpha value is -0.795. The molecule has 1 rings (SSSR count). The van der Waals surface area contributed by atoms with E-state index < -0.39 is 5.60 Å². The molecule has 0 atom stereocenters. The van der Waals surface area contributed by atoms with Crippen LogP contribution >= 0.6 is 0 Å². The van der Waals surface area contributed by atoms with Crippen molar-refractivity contribution in [3.05, 3.63) is 0 Å². The van der Waals surface area contributed by atoms with Crippen LogP contribution < -0.4 is 0 Å². The second-order valence-corrected chi connectivity index (χ2v) is 4.23. The number of hydrogen-bond donors (Lipinski definition) is 0. The van der Waals surface area contributed by atoms with Crippen LogP contribution in [0.5, 0.6) is 0 Å². The predicted octanol–water partition coefficient (Wildman–Crippen LogP) is 1.32. The number of ether oxygens (including phenoxy) is 1. The molecule has 0 aliphatic carbocycles. The van der Waals surface area contributed by atoms with Gasteiger partial charge in [-0.15, -0.1) is 0 Å². The van der Waals surface area contributed by atoms with E-state index in [0.29, 0.717) is 12.1 Å². The van der Waals surface area contributed by atoms with Crippen molar-refractivity contribution in [1.82, 2.24) is 4.90 Å². The Bertz CT molecular complexity index is 232. The van der Waals surface area contributed by atoms with Crippen molar-refractivity contribution in [1.29, 1.82) is 0 Å². The van der Waals surface area contributed by atoms with E-state index in [2.05, 4.69) is 0 Å². The molecule has 0 unspecified atom stereocenters. The van der Waals surface area contributed by atoms with Gasteiger partial charge >= 0.3 is 79.4 Å². The van der Waals surface area contributed by atoms with Crippen molar-refractivity contribution in [2.24, 2.45) is 0 Å². The molecule has 1 heterocycles. The van der Waals surface area contributed by atoms with Crippen molar-refractivity contribution < 1.29 is 9.53 Å². The number of nitrogens with zero attached hydrogens (tertiary/aromatic N) is 1. The molecular formula is C9H15BNO2. The summed E-state index contributed by atoms with van der Waals surface area (Å²) in [7, 11) is 5.64. The Balaban J connectivity index is 2.53. The second kappa shape index (κ2) is 3.52. The molecule has 0 aromatic carbocycles. The summed E-state index contributed by atoms with van der Waals surface area (Å²) in [4.78, 5) is 13.0. The van der Waals surface area contributed by atoms with Gasteiger partial charge in [-0.05, 0) is 0 Å². The van der Waals surface area contributed by atoms with Crippen molar-refractivity contribution in [2.75, 3.05) is 6.54 Å². The molecule has 1 amide bonds. The van der Waals surface area contributed by atoms with Crippen LogP contribution in [0.25, 0.3) is 0 Å². The number of rotatable bonds is 0. The van der Waals surface area contributed by atoms with E-state index in [9.17, 15) is 4.79 Å². The van der Waals surface area contributed by atoms with Gasteiger partial charge in [-0.2, -0.15) is 0 Å². The maximum atomic E-state index is 11.5. The van der Waals surface area contributed by atoms with E-state index in [4.69, 9.17) is 12.2 Å². The van der Waals surface area contributed by atoms with Crippen molar-refractivity contribution in [3.63, 3.8) is 0 Å². The fourth-order valence-electron chi connectivity index (χ4n) is 1.22. The first-order valence-electron chi connectivity index (χ1n) is 4.52. The molecule has 0 saturated carbocycles. The molecule has 1 fully saturated rings. The third-order valence-corrected chi connectivity index (χ3v) is 1.78. The van der Waals surface area contributed by atoms with Crippen molar-refractivity contribution >= 4 is 19.2 Å². The molecular weight excluding hydrogens is 165 g/mol. The molecule has 0 bridgehead atoms. The monoisotopic (exact) mass is 180 g/mol. The molecule has 0 spiro atoms. The van der Waals surface area contributed by atoms with Gasteiger partial charge in [0.2, 0.25) is 0 Å². The fraction of sp³-hybridized carbons (Fsp3) is 0.778. The van der Waals surface area contributed by atoms with Crippen LogP contribution in [0.4, 0.5) is 4.79 Å². The third kappa shape index (κ3) is 2.86. The number of likely N-dealkylation sites (tertiary alicyclic amines) is 1. The first-order valence-corrected chi connectivity index (χ1v) is 4.52. The molecule has 0 N–H and O–H groups in total. The van der Waals surface area contributed by atoms with Gasteiger partial charge in [-0.25, -0.2) is 0 Å². The predicted molar refractivity (Wildman–Crippen MR) is 52.9 cm³/mol. The maximum absolute atomic E-state index is 11.5. The van der Waals surface area contributed by atoms with Gasteiger partial charge in [-0.3, -0.25) is 0 Å². The summed E-state index contributed by atoms with van der Waals surface area (Å²) in [6, 6.07) is 0. The Kier molecular flexibility index (Phi) is 2.79. The number of carbonyl (C=O) groups is 1. The van der Waals surface area contributed by atoms with Gasteiger partial charge < -0.3 is 0 Å². The molecule has 1 aliphatic heterocycles. The Morgan fingerprint density at radius 2 is 2.15 bits per heavy atom. The molecule has 0 aromatic rings. The van der Waals surface area contributed by atoms with Crippen LogP contribution in [0.15, 0.2) is 0 Å². The van der Waals surface area contributed by atoms with Crippen molar-refractivity contribution in [3.8, 4) is 0 Å². The second-order valence-electron chi connectivity index (χ2n) is 4.23. The Morgan fingerprint density at radius 1 is 1.54 bits per heavy atom. The van der Waals surface area contributed by atoms with Crippen molar-refractivity contribution in [2.45, 2.75) is 39.2 Å². The molecule has 1 radical (unpaired) electrons. The van der Waals surface area contributed by atoms with Gasteiger partial charge in [0.1, 0.15) is 0 Å². The summed E-state index contributed by atoms with van der Waals surface area (Å²) in [5.74, 6) is 0. The molecule has 4 heteroatoms. The Morgan fingerprint density at radius 3 is 2.54 bits per heavy atom. The van der Waals surface area contributed by atoms with Crippen LogP contribution in [0, 0.1) is 0 Å². The molecule has 1 aliphatic rings. The van der Waals surface area contributed by atoms with Crippen LogP contribution in [-0.2, 0) is 4.74 Å². The summed E-state index contributed by atoms with van der Waals surface area (Å²) in [5, 5.41) is 0. The Labute approximate surface area is 80.1 Å². The SMILES string of the molecule is [B]=C1CCCN1C(=O)OC(C)(C)C. The van der Waals surface area contributed by atoms with Crippen LogP contribution in [-0.4, -0.2) is 36.2 Å². The van der Waals surface area contributed by atoms with E-state index in [1.807, 2.05) is 20.8 Å². The van der Waals surface area contributed by atoms with Gasteiger partial charge in [0.15, 0.2) is 0 Å². The van der Waals surface area contributed by atoms with E-state index in [-0.39, 0.29) is 6.09 Å². The number of carbonyl (C=O) groups excluding carboxylic acids is 1. The first kappa shape index (κ1) is 10.3. The normalized spacial score (nSPS) is 17.7. The minimum atomic E-state index is -0.444. The van der Waals surface area contributed by atoms with E-state index in [1.165, 1.54) is 4.90 Å². The van der Waals surface area contributed by atoms with E-state index >= 15 is 0 Å². The van der Waals surface area contributed by atoms with E-state index in [0.717, 1.165) is 12.8 Å². The average Bonchev–Trinajstić information content (AvgIpc) is 2.30. The zero-order valence-corrected chi connectivity index (χ0v) is 8.46. The standard InChI is InChI=1S/C9H15BNO2/c1-9(2,3)13-8(12)11-6-4-5-7(11)10/h4-6H2,1-3H3. The number of amides is 1. The summed E-state index contributed by atoms with van der Waals surface area (Å²) in [5.41, 5.74) is 0.175. The first-order chi connectivity index (χ1) is 5.90. The molecule has 71 valence electrons. The van der Waals surface area contributed by atoms with Crippen LogP contribution in [0.3, 0.4) is 0 Å². The topological polar surface area (TPSA) is 29.5 Å². The van der Waals surface area contributed by atoms with Crippen LogP contribution in [0.2, 0.25) is 0 Å². The molecule has 3 nitrogen and oxygen atoms in total. The van der Waals surface area contributed by atoms with Crippen LogP contribution in [0.1, 0.15) is 33.6 Å². The summed E-state index contributed by atoms with van der Waals surface area (Å²) >= 11 is 0. The summed E-state index contributed by atoms with van der Waals surface area (Å²) < 4.78 is 5.18. The molecule has 1 saturated heterocycles. The average molecular weight is 180 g/mol. The van der Waals surface area contributed by atoms with E-state index in [1.54, 1.807) is 0 Å². The number of hydrogen-bond acceptors (Lipinski definition) is 2. The molecule has 0 aromatic heterocycles. The van der Waals surface area contributed by atoms with Gasteiger partial charge in [0.25, 0.3) is 0 Å².